The van der Waals surface area contributed by atoms with Crippen LogP contribution >= 0.6 is 0 Å². The highest BCUT2D eigenvalue weighted by Gasteiger charge is 2.21. The smallest absolute Gasteiger partial charge is 0.330 e. The van der Waals surface area contributed by atoms with E-state index in [-0.39, 0.29) is 11.8 Å². The number of para-hydroxylation sites is 1. The molecule has 0 aliphatic carbocycles. The van der Waals surface area contributed by atoms with E-state index in [9.17, 15) is 4.79 Å². The summed E-state index contributed by atoms with van der Waals surface area (Å²) in [7, 11) is 0. The highest BCUT2D eigenvalue weighted by molar-refractivity contribution is 5.79. The highest BCUT2D eigenvalue weighted by atomic mass is 16.5. The van der Waals surface area contributed by atoms with Crippen molar-refractivity contribution in [2.45, 2.75) is 45.6 Å². The molecule has 0 fully saturated rings. The van der Waals surface area contributed by atoms with E-state index < -0.39 is 18.6 Å². The normalized spacial score (nSPS) is 12.8. The van der Waals surface area contributed by atoms with Crippen molar-refractivity contribution < 1.29 is 14.6 Å². The summed E-state index contributed by atoms with van der Waals surface area (Å²) in [6.07, 6.45) is 0. The van der Waals surface area contributed by atoms with Crippen molar-refractivity contribution in [1.82, 2.24) is 0 Å². The molecule has 0 unspecified atom stereocenters. The lowest BCUT2D eigenvalue weighted by Gasteiger charge is -2.19. The van der Waals surface area contributed by atoms with Gasteiger partial charge in [0.15, 0.2) is 0 Å². The van der Waals surface area contributed by atoms with Crippen LogP contribution in [0.25, 0.3) is 0 Å². The van der Waals surface area contributed by atoms with Gasteiger partial charge < -0.3 is 15.6 Å². The molecule has 0 saturated carbocycles. The first-order chi connectivity index (χ1) is 8.88. The summed E-state index contributed by atoms with van der Waals surface area (Å²) in [6.45, 7) is 7.76. The monoisotopic (exact) mass is 265 g/mol. The Balaban J connectivity index is 3.18. The van der Waals surface area contributed by atoms with Gasteiger partial charge in [-0.2, -0.15) is 0 Å². The molecule has 1 aromatic carbocycles. The van der Waals surface area contributed by atoms with Crippen LogP contribution in [0.3, 0.4) is 0 Å². The summed E-state index contributed by atoms with van der Waals surface area (Å²) >= 11 is 0. The van der Waals surface area contributed by atoms with Gasteiger partial charge in [-0.3, -0.25) is 0 Å². The summed E-state index contributed by atoms with van der Waals surface area (Å²) in [5, 5.41) is 8.91. The van der Waals surface area contributed by atoms with Gasteiger partial charge in [0.25, 0.3) is 0 Å². The Morgan fingerprint density at radius 3 is 2.05 bits per heavy atom. The molecule has 4 heteroatoms. The summed E-state index contributed by atoms with van der Waals surface area (Å²) in [4.78, 5) is 11.8. The molecular weight excluding hydrogens is 242 g/mol. The standard InChI is InChI=1S/C15H23NO3/c1-9(2)11-6-5-7-12(10(3)4)14(11)19-15(18)13(16)8-17/h5-7,9-10,13,17H,8,16H2,1-4H3/t13-/m0/s1. The Morgan fingerprint density at radius 2 is 1.68 bits per heavy atom. The predicted octanol–water partition coefficient (Wildman–Crippen LogP) is 2.16. The maximum atomic E-state index is 11.8. The molecule has 0 bridgehead atoms. The van der Waals surface area contributed by atoms with Crippen molar-refractivity contribution >= 4 is 5.97 Å². The maximum absolute atomic E-state index is 11.8. The molecule has 0 heterocycles. The number of nitrogens with two attached hydrogens (primary N) is 1. The van der Waals surface area contributed by atoms with Gasteiger partial charge in [-0.25, -0.2) is 4.79 Å². The number of carbonyl (C=O) groups excluding carboxylic acids is 1. The minimum absolute atomic E-state index is 0.242. The lowest BCUT2D eigenvalue weighted by atomic mass is 9.94. The van der Waals surface area contributed by atoms with E-state index in [4.69, 9.17) is 15.6 Å². The first-order valence-corrected chi connectivity index (χ1v) is 6.59. The van der Waals surface area contributed by atoms with Gasteiger partial charge in [0.05, 0.1) is 6.61 Å². The molecule has 0 radical (unpaired) electrons. The molecule has 19 heavy (non-hydrogen) atoms. The predicted molar refractivity (Wildman–Crippen MR) is 75.3 cm³/mol. The fourth-order valence-electron chi connectivity index (χ4n) is 1.85. The van der Waals surface area contributed by atoms with Gasteiger partial charge in [0.2, 0.25) is 0 Å². The summed E-state index contributed by atoms with van der Waals surface area (Å²) in [5.74, 6) is 0.470. The lowest BCUT2D eigenvalue weighted by molar-refractivity contribution is -0.136. The molecule has 106 valence electrons. The third-order valence-electron chi connectivity index (χ3n) is 3.02. The number of carbonyl (C=O) groups is 1. The van der Waals surface area contributed by atoms with Crippen LogP contribution in [0, 0.1) is 0 Å². The van der Waals surface area contributed by atoms with E-state index in [0.29, 0.717) is 5.75 Å². The SMILES string of the molecule is CC(C)c1cccc(C(C)C)c1OC(=O)[C@@H](N)CO. The number of hydrogen-bond acceptors (Lipinski definition) is 4. The summed E-state index contributed by atoms with van der Waals surface area (Å²) in [6, 6.07) is 4.86. The number of rotatable bonds is 5. The molecule has 0 aliphatic rings. The Bertz CT molecular complexity index is 415. The molecule has 4 nitrogen and oxygen atoms in total. The van der Waals surface area contributed by atoms with E-state index in [1.54, 1.807) is 0 Å². The van der Waals surface area contributed by atoms with Crippen LogP contribution in [0.4, 0.5) is 0 Å². The largest absolute Gasteiger partial charge is 0.425 e. The molecule has 1 aromatic rings. The van der Waals surface area contributed by atoms with Crippen LogP contribution in [0.5, 0.6) is 5.75 Å². The number of ether oxygens (including phenoxy) is 1. The zero-order chi connectivity index (χ0) is 14.6. The third kappa shape index (κ3) is 3.78. The van der Waals surface area contributed by atoms with E-state index in [1.807, 2.05) is 45.9 Å². The second kappa shape index (κ2) is 6.68. The number of aliphatic hydroxyl groups is 1. The first kappa shape index (κ1) is 15.7. The van der Waals surface area contributed by atoms with Crippen molar-refractivity contribution in [3.05, 3.63) is 29.3 Å². The number of hydrogen-bond donors (Lipinski definition) is 2. The second-order valence-electron chi connectivity index (χ2n) is 5.29. The van der Waals surface area contributed by atoms with Gasteiger partial charge in [-0.05, 0) is 23.0 Å². The van der Waals surface area contributed by atoms with Crippen LogP contribution in [-0.2, 0) is 4.79 Å². The minimum atomic E-state index is -1.000. The maximum Gasteiger partial charge on any atom is 0.330 e. The van der Waals surface area contributed by atoms with E-state index in [0.717, 1.165) is 11.1 Å². The molecule has 0 amide bonds. The number of esters is 1. The van der Waals surface area contributed by atoms with Crippen molar-refractivity contribution in [3.63, 3.8) is 0 Å². The molecule has 0 aliphatic heterocycles. The summed E-state index contributed by atoms with van der Waals surface area (Å²) in [5.41, 5.74) is 7.45. The molecule has 3 N–H and O–H groups in total. The third-order valence-corrected chi connectivity index (χ3v) is 3.02. The average molecular weight is 265 g/mol. The Morgan fingerprint density at radius 1 is 1.21 bits per heavy atom. The highest BCUT2D eigenvalue weighted by Crippen LogP contribution is 2.34. The van der Waals surface area contributed by atoms with Gasteiger partial charge in [0.1, 0.15) is 11.8 Å². The molecule has 1 rings (SSSR count). The van der Waals surface area contributed by atoms with Gasteiger partial charge in [-0.15, -0.1) is 0 Å². The molecule has 0 spiro atoms. The fourth-order valence-corrected chi connectivity index (χ4v) is 1.85. The second-order valence-corrected chi connectivity index (χ2v) is 5.29. The Labute approximate surface area is 114 Å². The topological polar surface area (TPSA) is 72.5 Å². The zero-order valence-electron chi connectivity index (χ0n) is 12.0. The Hall–Kier alpha value is -1.39. The van der Waals surface area contributed by atoms with Gasteiger partial charge in [0, 0.05) is 0 Å². The van der Waals surface area contributed by atoms with Crippen molar-refractivity contribution in [2.24, 2.45) is 5.73 Å². The molecule has 1 atom stereocenters. The van der Waals surface area contributed by atoms with Crippen LogP contribution in [0.15, 0.2) is 18.2 Å². The van der Waals surface area contributed by atoms with Crippen LogP contribution in [-0.4, -0.2) is 23.7 Å². The van der Waals surface area contributed by atoms with Crippen LogP contribution < -0.4 is 10.5 Å². The molecule has 0 aromatic heterocycles. The van der Waals surface area contributed by atoms with Crippen molar-refractivity contribution in [2.75, 3.05) is 6.61 Å². The van der Waals surface area contributed by atoms with E-state index >= 15 is 0 Å². The van der Waals surface area contributed by atoms with Gasteiger partial charge >= 0.3 is 5.97 Å². The number of aliphatic hydroxyl groups excluding tert-OH is 1. The fraction of sp³-hybridized carbons (Fsp3) is 0.533. The first-order valence-electron chi connectivity index (χ1n) is 6.59. The van der Waals surface area contributed by atoms with E-state index in [2.05, 4.69) is 0 Å². The number of benzene rings is 1. The quantitative estimate of drug-likeness (QED) is 0.632. The van der Waals surface area contributed by atoms with Crippen molar-refractivity contribution in [3.8, 4) is 5.75 Å². The van der Waals surface area contributed by atoms with Crippen LogP contribution in [0.2, 0.25) is 0 Å². The van der Waals surface area contributed by atoms with E-state index in [1.165, 1.54) is 0 Å². The van der Waals surface area contributed by atoms with Crippen LogP contribution in [0.1, 0.15) is 50.7 Å². The van der Waals surface area contributed by atoms with Crippen molar-refractivity contribution in [1.29, 1.82) is 0 Å². The zero-order valence-corrected chi connectivity index (χ0v) is 12.0. The Kier molecular flexibility index (Phi) is 5.51. The van der Waals surface area contributed by atoms with Gasteiger partial charge in [-0.1, -0.05) is 45.9 Å². The lowest BCUT2D eigenvalue weighted by Crippen LogP contribution is -2.37. The summed E-state index contributed by atoms with van der Waals surface area (Å²) < 4.78 is 5.43. The minimum Gasteiger partial charge on any atom is -0.425 e. The molecular formula is C15H23NO3. The average Bonchev–Trinajstić information content (AvgIpc) is 2.37. The molecule has 0 saturated heterocycles.